The zero-order valence-electron chi connectivity index (χ0n) is 15.2. The van der Waals surface area contributed by atoms with Gasteiger partial charge in [-0.25, -0.2) is 0 Å². The Labute approximate surface area is 157 Å². The van der Waals surface area contributed by atoms with Gasteiger partial charge in [0.25, 0.3) is 0 Å². The summed E-state index contributed by atoms with van der Waals surface area (Å²) in [5.41, 5.74) is 9.17. The Bertz CT molecular complexity index is 606. The first kappa shape index (κ1) is 18.7. The number of hydrogen-bond donors (Lipinski definition) is 1. The van der Waals surface area contributed by atoms with E-state index in [9.17, 15) is 4.79 Å². The van der Waals surface area contributed by atoms with E-state index < -0.39 is 0 Å². The summed E-state index contributed by atoms with van der Waals surface area (Å²) in [7, 11) is 0. The van der Waals surface area contributed by atoms with Crippen LogP contribution in [-0.2, 0) is 4.79 Å². The number of amides is 1. The minimum Gasteiger partial charge on any atom is -0.342 e. The second-order valence-corrected chi connectivity index (χ2v) is 8.32. The minimum atomic E-state index is 0. The molecule has 1 amide bonds. The van der Waals surface area contributed by atoms with Gasteiger partial charge < -0.3 is 10.6 Å². The van der Waals surface area contributed by atoms with Crippen molar-refractivity contribution >= 4 is 18.3 Å². The molecule has 3 unspecified atom stereocenters. The fraction of sp³-hybridized carbons (Fsp3) is 0.667. The molecule has 4 rings (SSSR count). The highest BCUT2D eigenvalue weighted by Crippen LogP contribution is 2.43. The summed E-state index contributed by atoms with van der Waals surface area (Å²) < 4.78 is 0. The summed E-state index contributed by atoms with van der Waals surface area (Å²) in [5, 5.41) is 0. The van der Waals surface area contributed by atoms with Crippen LogP contribution in [0.5, 0.6) is 0 Å². The largest absolute Gasteiger partial charge is 0.342 e. The van der Waals surface area contributed by atoms with Gasteiger partial charge in [0.15, 0.2) is 0 Å². The monoisotopic (exact) mass is 362 g/mol. The molecule has 1 aromatic rings. The van der Waals surface area contributed by atoms with E-state index in [1.807, 2.05) is 0 Å². The van der Waals surface area contributed by atoms with E-state index in [1.165, 1.54) is 30.4 Å². The van der Waals surface area contributed by atoms with Crippen LogP contribution in [0.25, 0.3) is 0 Å². The molecular formula is C21H31ClN2O. The molecule has 2 N–H and O–H groups in total. The third-order valence-electron chi connectivity index (χ3n) is 6.89. The van der Waals surface area contributed by atoms with Crippen LogP contribution in [0.15, 0.2) is 24.3 Å². The Morgan fingerprint density at radius 3 is 2.48 bits per heavy atom. The Hall–Kier alpha value is -1.06. The molecule has 3 aliphatic rings. The maximum Gasteiger partial charge on any atom is 0.225 e. The number of hydrogen-bond acceptors (Lipinski definition) is 2. The number of halogens is 1. The lowest BCUT2D eigenvalue weighted by molar-refractivity contribution is -0.137. The smallest absolute Gasteiger partial charge is 0.225 e. The van der Waals surface area contributed by atoms with Gasteiger partial charge in [-0.1, -0.05) is 30.7 Å². The fourth-order valence-electron chi connectivity index (χ4n) is 5.51. The lowest BCUT2D eigenvalue weighted by atomic mass is 9.65. The molecule has 0 spiro atoms. The van der Waals surface area contributed by atoms with Crippen molar-refractivity contribution in [3.8, 4) is 0 Å². The van der Waals surface area contributed by atoms with Crippen molar-refractivity contribution in [2.45, 2.75) is 57.4 Å². The van der Waals surface area contributed by atoms with E-state index >= 15 is 0 Å². The van der Waals surface area contributed by atoms with Gasteiger partial charge in [-0.05, 0) is 62.0 Å². The van der Waals surface area contributed by atoms with Crippen LogP contribution in [0.3, 0.4) is 0 Å². The number of nitrogens with zero attached hydrogens (tertiary/aromatic N) is 1. The third-order valence-corrected chi connectivity index (χ3v) is 6.89. The first-order valence-electron chi connectivity index (χ1n) is 9.73. The molecule has 0 radical (unpaired) electrons. The lowest BCUT2D eigenvalue weighted by Crippen LogP contribution is -2.49. The molecule has 1 saturated heterocycles. The summed E-state index contributed by atoms with van der Waals surface area (Å²) in [6, 6.07) is 8.99. The molecule has 1 heterocycles. The van der Waals surface area contributed by atoms with E-state index in [-0.39, 0.29) is 18.3 Å². The summed E-state index contributed by atoms with van der Waals surface area (Å²) in [6.45, 7) is 4.01. The summed E-state index contributed by atoms with van der Waals surface area (Å²) >= 11 is 0. The van der Waals surface area contributed by atoms with Gasteiger partial charge in [-0.2, -0.15) is 0 Å². The van der Waals surface area contributed by atoms with Gasteiger partial charge in [0.2, 0.25) is 5.91 Å². The molecule has 2 aliphatic carbocycles. The quantitative estimate of drug-likeness (QED) is 0.867. The van der Waals surface area contributed by atoms with Crippen LogP contribution in [0.4, 0.5) is 0 Å². The van der Waals surface area contributed by atoms with Crippen molar-refractivity contribution in [2.75, 3.05) is 13.1 Å². The topological polar surface area (TPSA) is 46.3 Å². The number of benzene rings is 1. The Morgan fingerprint density at radius 1 is 1.12 bits per heavy atom. The van der Waals surface area contributed by atoms with Crippen molar-refractivity contribution < 1.29 is 4.79 Å². The molecule has 1 aromatic carbocycles. The first-order valence-corrected chi connectivity index (χ1v) is 9.73. The van der Waals surface area contributed by atoms with Gasteiger partial charge in [-0.3, -0.25) is 4.79 Å². The van der Waals surface area contributed by atoms with Crippen molar-refractivity contribution in [1.82, 2.24) is 4.90 Å². The van der Waals surface area contributed by atoms with Gasteiger partial charge in [-0.15, -0.1) is 12.4 Å². The molecule has 2 saturated carbocycles. The molecule has 1 aliphatic heterocycles. The molecule has 0 aromatic heterocycles. The minimum absolute atomic E-state index is 0. The fourth-order valence-corrected chi connectivity index (χ4v) is 5.51. The molecule has 3 atom stereocenters. The van der Waals surface area contributed by atoms with Crippen LogP contribution in [0, 0.1) is 24.7 Å². The highest BCUT2D eigenvalue weighted by molar-refractivity contribution is 5.85. The van der Waals surface area contributed by atoms with Crippen LogP contribution in [0.2, 0.25) is 0 Å². The number of aryl methyl sites for hydroxylation is 1. The van der Waals surface area contributed by atoms with Crippen LogP contribution >= 0.6 is 12.4 Å². The van der Waals surface area contributed by atoms with Crippen molar-refractivity contribution in [3.63, 3.8) is 0 Å². The molecule has 2 bridgehead atoms. The van der Waals surface area contributed by atoms with Crippen LogP contribution in [-0.4, -0.2) is 29.9 Å². The Kier molecular flexibility index (Phi) is 5.75. The number of carbonyl (C=O) groups is 1. The van der Waals surface area contributed by atoms with E-state index in [1.54, 1.807) is 0 Å². The van der Waals surface area contributed by atoms with Crippen molar-refractivity contribution in [2.24, 2.45) is 23.5 Å². The molecule has 3 nitrogen and oxygen atoms in total. The second-order valence-electron chi connectivity index (χ2n) is 8.32. The summed E-state index contributed by atoms with van der Waals surface area (Å²) in [4.78, 5) is 15.2. The SMILES string of the molecule is Cc1ccccc1C1CCN(C(=O)C2CC3CCCC(C2)C3N)C1.Cl. The standard InChI is InChI=1S/C21H30N2O.ClH/c1-14-5-2-3-8-19(14)17-9-10-23(13-17)21(24)18-11-15-6-4-7-16(12-18)20(15)22;/h2-3,5,8,15-18,20H,4,6-7,9-13,22H2,1H3;1H. The predicted molar refractivity (Wildman–Crippen MR) is 104 cm³/mol. The molecule has 25 heavy (non-hydrogen) atoms. The van der Waals surface area contributed by atoms with E-state index in [2.05, 4.69) is 36.1 Å². The third kappa shape index (κ3) is 3.59. The van der Waals surface area contributed by atoms with Gasteiger partial charge in [0, 0.05) is 31.0 Å². The summed E-state index contributed by atoms with van der Waals surface area (Å²) in [5.74, 6) is 2.33. The molecule has 138 valence electrons. The first-order chi connectivity index (χ1) is 11.6. The highest BCUT2D eigenvalue weighted by Gasteiger charge is 2.42. The normalized spacial score (nSPS) is 34.5. The van der Waals surface area contributed by atoms with Crippen molar-refractivity contribution in [1.29, 1.82) is 0 Å². The van der Waals surface area contributed by atoms with Crippen molar-refractivity contribution in [3.05, 3.63) is 35.4 Å². The Morgan fingerprint density at radius 2 is 1.80 bits per heavy atom. The molecular weight excluding hydrogens is 332 g/mol. The molecule has 3 fully saturated rings. The van der Waals surface area contributed by atoms with Gasteiger partial charge >= 0.3 is 0 Å². The molecule has 4 heteroatoms. The second kappa shape index (κ2) is 7.67. The van der Waals surface area contributed by atoms with E-state index in [0.29, 0.717) is 29.7 Å². The lowest BCUT2D eigenvalue weighted by Gasteiger charge is -2.44. The number of rotatable bonds is 2. The highest BCUT2D eigenvalue weighted by atomic mass is 35.5. The van der Waals surface area contributed by atoms with E-state index in [0.717, 1.165) is 32.4 Å². The number of nitrogens with two attached hydrogens (primary N) is 1. The predicted octanol–water partition coefficient (Wildman–Crippen LogP) is 3.89. The average molecular weight is 363 g/mol. The zero-order valence-corrected chi connectivity index (χ0v) is 16.0. The van der Waals surface area contributed by atoms with Gasteiger partial charge in [0.05, 0.1) is 0 Å². The maximum atomic E-state index is 13.1. The van der Waals surface area contributed by atoms with E-state index in [4.69, 9.17) is 5.73 Å². The Balaban J connectivity index is 0.00000182. The number of carbonyl (C=O) groups excluding carboxylic acids is 1. The number of likely N-dealkylation sites (tertiary alicyclic amines) is 1. The summed E-state index contributed by atoms with van der Waals surface area (Å²) in [6.07, 6.45) is 6.93. The maximum absolute atomic E-state index is 13.1. The van der Waals surface area contributed by atoms with Crippen LogP contribution < -0.4 is 5.73 Å². The number of fused-ring (bicyclic) bond motifs is 2. The van der Waals surface area contributed by atoms with Crippen LogP contribution in [0.1, 0.15) is 55.6 Å². The average Bonchev–Trinajstić information content (AvgIpc) is 3.04. The van der Waals surface area contributed by atoms with Gasteiger partial charge in [0.1, 0.15) is 0 Å². The zero-order chi connectivity index (χ0) is 16.7.